The smallest absolute Gasteiger partial charge is 0.0407 e. The van der Waals surface area contributed by atoms with Crippen LogP contribution in [0.25, 0.3) is 0 Å². The van der Waals surface area contributed by atoms with Crippen molar-refractivity contribution in [2.75, 3.05) is 7.05 Å². The summed E-state index contributed by atoms with van der Waals surface area (Å²) in [5.41, 5.74) is 2.09. The molecular formula is C11H17N. The average Bonchev–Trinajstić information content (AvgIpc) is 2.12. The van der Waals surface area contributed by atoms with Crippen LogP contribution in [-0.4, -0.2) is 7.05 Å². The van der Waals surface area contributed by atoms with Crippen LogP contribution in [0, 0.1) is 0 Å². The summed E-state index contributed by atoms with van der Waals surface area (Å²) in [4.78, 5) is 0. The Morgan fingerprint density at radius 3 is 2.25 bits per heavy atom. The minimum Gasteiger partial charge on any atom is -0.388 e. The molecule has 0 heterocycles. The van der Waals surface area contributed by atoms with E-state index in [2.05, 4.69) is 31.5 Å². The van der Waals surface area contributed by atoms with Crippen LogP contribution < -0.4 is 5.32 Å². The molecule has 0 saturated heterocycles. The predicted molar refractivity (Wildman–Crippen MR) is 55.9 cm³/mol. The molecule has 0 atom stereocenters. The summed E-state index contributed by atoms with van der Waals surface area (Å²) >= 11 is 0. The molecule has 0 aromatic rings. The molecule has 0 saturated carbocycles. The minimum absolute atomic E-state index is 1.03. The zero-order valence-electron chi connectivity index (χ0n) is 7.93. The van der Waals surface area contributed by atoms with Crippen molar-refractivity contribution in [1.29, 1.82) is 0 Å². The maximum atomic E-state index is 3.71. The quantitative estimate of drug-likeness (QED) is 0.614. The number of hydrogen-bond donors (Lipinski definition) is 1. The average molecular weight is 163 g/mol. The Morgan fingerprint density at radius 1 is 1.33 bits per heavy atom. The Kier molecular flexibility index (Phi) is 5.80. The van der Waals surface area contributed by atoms with Crippen molar-refractivity contribution in [2.24, 2.45) is 0 Å². The lowest BCUT2D eigenvalue weighted by atomic mass is 10.2. The fourth-order valence-corrected chi connectivity index (χ4v) is 0.863. The molecule has 0 radical (unpaired) electrons. The monoisotopic (exact) mass is 163 g/mol. The van der Waals surface area contributed by atoms with Gasteiger partial charge in [0.25, 0.3) is 0 Å². The highest BCUT2D eigenvalue weighted by molar-refractivity contribution is 5.37. The third-order valence-corrected chi connectivity index (χ3v) is 1.54. The molecule has 0 aliphatic heterocycles. The second-order valence-electron chi connectivity index (χ2n) is 2.34. The Bertz CT molecular complexity index is 199. The zero-order valence-corrected chi connectivity index (χ0v) is 7.93. The van der Waals surface area contributed by atoms with E-state index in [9.17, 15) is 0 Å². The summed E-state index contributed by atoms with van der Waals surface area (Å²) in [6, 6.07) is 0. The van der Waals surface area contributed by atoms with Crippen LogP contribution in [0.2, 0.25) is 0 Å². The minimum atomic E-state index is 1.03. The summed E-state index contributed by atoms with van der Waals surface area (Å²) in [5.74, 6) is 0. The van der Waals surface area contributed by atoms with E-state index in [0.29, 0.717) is 0 Å². The van der Waals surface area contributed by atoms with E-state index in [1.54, 1.807) is 12.2 Å². The molecule has 1 N–H and O–H groups in total. The lowest BCUT2D eigenvalue weighted by Crippen LogP contribution is -2.05. The predicted octanol–water partition coefficient (Wildman–Crippen LogP) is 2.80. The van der Waals surface area contributed by atoms with E-state index in [0.717, 1.165) is 17.7 Å². The Morgan fingerprint density at radius 2 is 1.92 bits per heavy atom. The maximum Gasteiger partial charge on any atom is 0.0407 e. The van der Waals surface area contributed by atoms with Crippen LogP contribution in [0.5, 0.6) is 0 Å². The summed E-state index contributed by atoms with van der Waals surface area (Å²) in [6.07, 6.45) is 8.75. The summed E-state index contributed by atoms with van der Waals surface area (Å²) in [5, 5.41) is 3.09. The van der Waals surface area contributed by atoms with Gasteiger partial charge in [0.2, 0.25) is 0 Å². The molecule has 0 aromatic carbocycles. The first kappa shape index (κ1) is 10.8. The van der Waals surface area contributed by atoms with Gasteiger partial charge in [-0.15, -0.1) is 0 Å². The second kappa shape index (κ2) is 6.47. The maximum absolute atomic E-state index is 3.71. The van der Waals surface area contributed by atoms with E-state index in [1.165, 1.54) is 0 Å². The molecule has 0 aromatic heterocycles. The summed E-state index contributed by atoms with van der Waals surface area (Å²) in [7, 11) is 1.89. The van der Waals surface area contributed by atoms with Gasteiger partial charge in [0.1, 0.15) is 0 Å². The van der Waals surface area contributed by atoms with Crippen molar-refractivity contribution in [2.45, 2.75) is 13.3 Å². The first-order valence-corrected chi connectivity index (χ1v) is 4.13. The van der Waals surface area contributed by atoms with E-state index in [1.807, 2.05) is 13.1 Å². The number of likely N-dealkylation sites (N-methyl/N-ethyl adjacent to an activating group) is 1. The highest BCUT2D eigenvalue weighted by Crippen LogP contribution is 2.05. The second-order valence-corrected chi connectivity index (χ2v) is 2.34. The van der Waals surface area contributed by atoms with Crippen LogP contribution in [-0.2, 0) is 0 Å². The first-order chi connectivity index (χ1) is 5.79. The number of rotatable bonds is 5. The van der Waals surface area contributed by atoms with Crippen molar-refractivity contribution < 1.29 is 0 Å². The van der Waals surface area contributed by atoms with Crippen LogP contribution in [0.4, 0.5) is 0 Å². The summed E-state index contributed by atoms with van der Waals surface area (Å²) < 4.78 is 0. The van der Waals surface area contributed by atoms with E-state index < -0.39 is 0 Å². The molecule has 0 fully saturated rings. The van der Waals surface area contributed by atoms with Crippen molar-refractivity contribution in [3.63, 3.8) is 0 Å². The Balaban J connectivity index is 4.68. The number of hydrogen-bond acceptors (Lipinski definition) is 1. The highest BCUT2D eigenvalue weighted by atomic mass is 14.8. The van der Waals surface area contributed by atoms with Gasteiger partial charge in [-0.2, -0.15) is 0 Å². The van der Waals surface area contributed by atoms with Gasteiger partial charge < -0.3 is 5.32 Å². The van der Waals surface area contributed by atoms with Crippen LogP contribution >= 0.6 is 0 Å². The van der Waals surface area contributed by atoms with Crippen LogP contribution in [0.1, 0.15) is 13.3 Å². The van der Waals surface area contributed by atoms with Gasteiger partial charge in [-0.3, -0.25) is 0 Å². The van der Waals surface area contributed by atoms with Gasteiger partial charge >= 0.3 is 0 Å². The lowest BCUT2D eigenvalue weighted by molar-refractivity contribution is 1.02. The first-order valence-electron chi connectivity index (χ1n) is 4.13. The molecular weight excluding hydrogens is 146 g/mol. The molecule has 1 nitrogen and oxygen atoms in total. The summed E-state index contributed by atoms with van der Waals surface area (Å²) in [6.45, 7) is 9.51. The molecule has 0 spiro atoms. The molecule has 0 rings (SSSR count). The molecule has 1 heteroatoms. The molecule has 0 aliphatic rings. The fraction of sp³-hybridized carbons (Fsp3) is 0.273. The molecule has 12 heavy (non-hydrogen) atoms. The number of nitrogens with one attached hydrogen (secondary N) is 1. The van der Waals surface area contributed by atoms with Crippen LogP contribution in [0.15, 0.2) is 48.7 Å². The van der Waals surface area contributed by atoms with Crippen LogP contribution in [0.3, 0.4) is 0 Å². The third kappa shape index (κ3) is 3.24. The third-order valence-electron chi connectivity index (χ3n) is 1.54. The fourth-order valence-electron chi connectivity index (χ4n) is 0.863. The highest BCUT2D eigenvalue weighted by Gasteiger charge is 1.92. The van der Waals surface area contributed by atoms with Gasteiger partial charge in [-0.25, -0.2) is 0 Å². The van der Waals surface area contributed by atoms with Crippen molar-refractivity contribution in [1.82, 2.24) is 5.32 Å². The molecule has 0 bridgehead atoms. The lowest BCUT2D eigenvalue weighted by Gasteiger charge is -2.03. The molecule has 66 valence electrons. The number of allylic oxidation sites excluding steroid dienone is 5. The topological polar surface area (TPSA) is 12.0 Å². The van der Waals surface area contributed by atoms with E-state index >= 15 is 0 Å². The van der Waals surface area contributed by atoms with Gasteiger partial charge in [0.15, 0.2) is 0 Å². The van der Waals surface area contributed by atoms with Gasteiger partial charge in [0, 0.05) is 12.7 Å². The Hall–Kier alpha value is -1.24. The van der Waals surface area contributed by atoms with Gasteiger partial charge in [-0.1, -0.05) is 38.3 Å². The standard InChI is InChI=1S/C11H17N/c1-5-8-9-11(12-4)10(6-2)7-3/h6-9,12H,2-3,5H2,1,4H3/b9-8-. The normalized spacial score (nSPS) is 9.50. The van der Waals surface area contributed by atoms with Gasteiger partial charge in [-0.05, 0) is 18.1 Å². The van der Waals surface area contributed by atoms with E-state index in [-0.39, 0.29) is 0 Å². The molecule has 0 unspecified atom stereocenters. The van der Waals surface area contributed by atoms with Crippen molar-refractivity contribution in [3.8, 4) is 0 Å². The SMILES string of the molecule is C=CC(C=C)=C(/C=C\CC)NC. The zero-order chi connectivity index (χ0) is 9.40. The molecule has 0 amide bonds. The van der Waals surface area contributed by atoms with Crippen molar-refractivity contribution in [3.05, 3.63) is 48.7 Å². The van der Waals surface area contributed by atoms with Gasteiger partial charge in [0.05, 0.1) is 0 Å². The van der Waals surface area contributed by atoms with E-state index in [4.69, 9.17) is 0 Å². The Labute approximate surface area is 75.2 Å². The molecule has 0 aliphatic carbocycles. The van der Waals surface area contributed by atoms with Crippen molar-refractivity contribution >= 4 is 0 Å². The largest absolute Gasteiger partial charge is 0.388 e.